The van der Waals surface area contributed by atoms with Crippen LogP contribution in [0, 0.1) is 0 Å². The zero-order chi connectivity index (χ0) is 14.8. The van der Waals surface area contributed by atoms with Crippen LogP contribution in [0.3, 0.4) is 0 Å². The molecule has 0 aliphatic carbocycles. The Hall–Kier alpha value is -2.56. The minimum Gasteiger partial charge on any atom is -0.381 e. The van der Waals surface area contributed by atoms with Crippen LogP contribution < -0.4 is 10.7 Å². The first-order valence-electron chi connectivity index (χ1n) is 7.02. The maximum atomic E-state index is 11.8. The molecule has 5 heteroatoms. The Morgan fingerprint density at radius 1 is 1.33 bits per heavy atom. The third kappa shape index (κ3) is 2.81. The molecule has 0 atom stereocenters. The van der Waals surface area contributed by atoms with Gasteiger partial charge in [0.05, 0.1) is 6.20 Å². The Kier molecular flexibility index (Phi) is 3.48. The van der Waals surface area contributed by atoms with E-state index in [1.165, 1.54) is 0 Å². The molecule has 0 saturated carbocycles. The Morgan fingerprint density at radius 3 is 2.95 bits per heavy atom. The van der Waals surface area contributed by atoms with E-state index in [1.54, 1.807) is 12.3 Å². The van der Waals surface area contributed by atoms with Crippen LogP contribution in [0.15, 0.2) is 47.7 Å². The number of pyridine rings is 1. The van der Waals surface area contributed by atoms with Crippen LogP contribution in [0.5, 0.6) is 0 Å². The van der Waals surface area contributed by atoms with Gasteiger partial charge in [-0.3, -0.25) is 9.48 Å². The molecule has 1 aromatic carbocycles. The lowest BCUT2D eigenvalue weighted by atomic mass is 10.2. The number of hydrogen-bond donors (Lipinski definition) is 2. The third-order valence-corrected chi connectivity index (χ3v) is 3.44. The fourth-order valence-corrected chi connectivity index (χ4v) is 2.24. The summed E-state index contributed by atoms with van der Waals surface area (Å²) < 4.78 is 1.93. The van der Waals surface area contributed by atoms with Crippen molar-refractivity contribution in [3.05, 3.63) is 58.6 Å². The molecule has 2 heterocycles. The second-order valence-corrected chi connectivity index (χ2v) is 5.38. The largest absolute Gasteiger partial charge is 0.381 e. The molecule has 2 aromatic heterocycles. The molecule has 0 bridgehead atoms. The Labute approximate surface area is 122 Å². The van der Waals surface area contributed by atoms with Crippen LogP contribution in [0.25, 0.3) is 10.9 Å². The van der Waals surface area contributed by atoms with Crippen molar-refractivity contribution in [2.45, 2.75) is 26.4 Å². The first-order chi connectivity index (χ1) is 10.1. The molecule has 0 spiro atoms. The van der Waals surface area contributed by atoms with Crippen LogP contribution >= 0.6 is 0 Å². The highest BCUT2D eigenvalue weighted by molar-refractivity contribution is 5.81. The summed E-state index contributed by atoms with van der Waals surface area (Å²) in [5.41, 5.74) is 2.92. The Balaban J connectivity index is 1.78. The topological polar surface area (TPSA) is 62.7 Å². The van der Waals surface area contributed by atoms with Gasteiger partial charge in [0.2, 0.25) is 0 Å². The molecule has 5 nitrogen and oxygen atoms in total. The summed E-state index contributed by atoms with van der Waals surface area (Å²) in [6.07, 6.45) is 5.56. The standard InChI is InChI=1S/C16H18N4O/c1-11(2)20-10-12(9-19-20)8-18-13-3-4-15-14(7-13)16(21)5-6-17-15/h3-7,9-11,18H,8H2,1-2H3,(H,17,21). The van der Waals surface area contributed by atoms with Gasteiger partial charge < -0.3 is 10.3 Å². The Morgan fingerprint density at radius 2 is 2.19 bits per heavy atom. The van der Waals surface area contributed by atoms with Gasteiger partial charge in [-0.1, -0.05) is 0 Å². The summed E-state index contributed by atoms with van der Waals surface area (Å²) in [7, 11) is 0. The number of aromatic nitrogens is 3. The van der Waals surface area contributed by atoms with Crippen molar-refractivity contribution in [1.29, 1.82) is 0 Å². The van der Waals surface area contributed by atoms with Crippen LogP contribution in [-0.2, 0) is 6.54 Å². The van der Waals surface area contributed by atoms with Gasteiger partial charge in [0.1, 0.15) is 0 Å². The molecule has 0 aliphatic rings. The SMILES string of the molecule is CC(C)n1cc(CNc2ccc3[nH]ccc(=O)c3c2)cn1. The average molecular weight is 282 g/mol. The van der Waals surface area contributed by atoms with E-state index >= 15 is 0 Å². The third-order valence-electron chi connectivity index (χ3n) is 3.44. The molecule has 0 radical (unpaired) electrons. The van der Waals surface area contributed by atoms with Crippen molar-refractivity contribution in [1.82, 2.24) is 14.8 Å². The van der Waals surface area contributed by atoms with E-state index in [0.29, 0.717) is 18.0 Å². The van der Waals surface area contributed by atoms with Crippen molar-refractivity contribution >= 4 is 16.6 Å². The first kappa shape index (κ1) is 13.4. The van der Waals surface area contributed by atoms with E-state index in [1.807, 2.05) is 35.3 Å². The van der Waals surface area contributed by atoms with Gasteiger partial charge in [-0.15, -0.1) is 0 Å². The fraction of sp³-hybridized carbons (Fsp3) is 0.250. The number of benzene rings is 1. The summed E-state index contributed by atoms with van der Waals surface area (Å²) in [5, 5.41) is 8.33. The van der Waals surface area contributed by atoms with E-state index in [2.05, 4.69) is 29.2 Å². The molecule has 21 heavy (non-hydrogen) atoms. The van der Waals surface area contributed by atoms with E-state index in [0.717, 1.165) is 16.8 Å². The Bertz CT molecular complexity index is 816. The molecule has 0 fully saturated rings. The van der Waals surface area contributed by atoms with Gasteiger partial charge in [0, 0.05) is 53.2 Å². The molecule has 3 rings (SSSR count). The lowest BCUT2D eigenvalue weighted by molar-refractivity contribution is 0.532. The van der Waals surface area contributed by atoms with Crippen molar-refractivity contribution < 1.29 is 0 Å². The molecule has 3 aromatic rings. The first-order valence-corrected chi connectivity index (χ1v) is 7.02. The van der Waals surface area contributed by atoms with Gasteiger partial charge in [0.15, 0.2) is 5.43 Å². The number of nitrogens with one attached hydrogen (secondary N) is 2. The summed E-state index contributed by atoms with van der Waals surface area (Å²) in [6, 6.07) is 7.65. The van der Waals surface area contributed by atoms with Crippen LogP contribution in [0.1, 0.15) is 25.5 Å². The van der Waals surface area contributed by atoms with E-state index in [9.17, 15) is 4.79 Å². The van der Waals surface area contributed by atoms with Crippen molar-refractivity contribution in [2.75, 3.05) is 5.32 Å². The number of aromatic amines is 1. The molecular weight excluding hydrogens is 264 g/mol. The average Bonchev–Trinajstić information content (AvgIpc) is 2.95. The van der Waals surface area contributed by atoms with Gasteiger partial charge >= 0.3 is 0 Å². The van der Waals surface area contributed by atoms with E-state index < -0.39 is 0 Å². The minimum atomic E-state index is 0.0278. The van der Waals surface area contributed by atoms with Gasteiger partial charge in [-0.25, -0.2) is 0 Å². The highest BCUT2D eigenvalue weighted by Crippen LogP contribution is 2.15. The van der Waals surface area contributed by atoms with Crippen molar-refractivity contribution in [3.63, 3.8) is 0 Å². The summed E-state index contributed by atoms with van der Waals surface area (Å²) in [5.74, 6) is 0. The summed E-state index contributed by atoms with van der Waals surface area (Å²) in [6.45, 7) is 4.88. The van der Waals surface area contributed by atoms with E-state index in [-0.39, 0.29) is 5.43 Å². The van der Waals surface area contributed by atoms with Gasteiger partial charge in [-0.2, -0.15) is 5.10 Å². The predicted molar refractivity (Wildman–Crippen MR) is 84.5 cm³/mol. The number of anilines is 1. The predicted octanol–water partition coefficient (Wildman–Crippen LogP) is 2.92. The second-order valence-electron chi connectivity index (χ2n) is 5.38. The van der Waals surface area contributed by atoms with Crippen LogP contribution in [0.4, 0.5) is 5.69 Å². The minimum absolute atomic E-state index is 0.0278. The number of nitrogens with zero attached hydrogens (tertiary/aromatic N) is 2. The lowest BCUT2D eigenvalue weighted by Crippen LogP contribution is -2.03. The quantitative estimate of drug-likeness (QED) is 0.773. The number of H-pyrrole nitrogens is 1. The van der Waals surface area contributed by atoms with Crippen molar-refractivity contribution in [3.8, 4) is 0 Å². The lowest BCUT2D eigenvalue weighted by Gasteiger charge is -2.06. The molecule has 2 N–H and O–H groups in total. The fourth-order valence-electron chi connectivity index (χ4n) is 2.24. The number of hydrogen-bond acceptors (Lipinski definition) is 3. The number of fused-ring (bicyclic) bond motifs is 1. The van der Waals surface area contributed by atoms with Gasteiger partial charge in [-0.05, 0) is 32.0 Å². The molecule has 0 unspecified atom stereocenters. The van der Waals surface area contributed by atoms with E-state index in [4.69, 9.17) is 0 Å². The van der Waals surface area contributed by atoms with Gasteiger partial charge in [0.25, 0.3) is 0 Å². The normalized spacial score (nSPS) is 11.2. The maximum Gasteiger partial charge on any atom is 0.189 e. The summed E-state index contributed by atoms with van der Waals surface area (Å²) >= 11 is 0. The maximum absolute atomic E-state index is 11.8. The van der Waals surface area contributed by atoms with Crippen molar-refractivity contribution in [2.24, 2.45) is 0 Å². The molecule has 0 aliphatic heterocycles. The molecule has 108 valence electrons. The summed E-state index contributed by atoms with van der Waals surface area (Å²) in [4.78, 5) is 14.9. The molecular formula is C16H18N4O. The molecule has 0 amide bonds. The zero-order valence-corrected chi connectivity index (χ0v) is 12.1. The monoisotopic (exact) mass is 282 g/mol. The molecule has 0 saturated heterocycles. The smallest absolute Gasteiger partial charge is 0.189 e. The van der Waals surface area contributed by atoms with Crippen LogP contribution in [0.2, 0.25) is 0 Å². The van der Waals surface area contributed by atoms with Crippen LogP contribution in [-0.4, -0.2) is 14.8 Å². The highest BCUT2D eigenvalue weighted by Gasteiger charge is 2.03. The highest BCUT2D eigenvalue weighted by atomic mass is 16.1. The number of rotatable bonds is 4. The second kappa shape index (κ2) is 5.44. The zero-order valence-electron chi connectivity index (χ0n) is 12.1.